The van der Waals surface area contributed by atoms with Crippen LogP contribution in [-0.2, 0) is 20.0 Å². The Labute approximate surface area is 133 Å². The molecule has 0 fully saturated rings. The van der Waals surface area contributed by atoms with Gasteiger partial charge >= 0.3 is 0 Å². The Morgan fingerprint density at radius 1 is 1.30 bits per heavy atom. The topological polar surface area (TPSA) is 93.7 Å². The van der Waals surface area contributed by atoms with E-state index >= 15 is 0 Å². The van der Waals surface area contributed by atoms with Gasteiger partial charge in [0.25, 0.3) is 0 Å². The smallest absolute Gasteiger partial charge is 0.163 e. The number of aliphatic hydroxyl groups excluding tert-OH is 1. The molecule has 0 spiro atoms. The zero-order valence-corrected chi connectivity index (χ0v) is 13.0. The number of anilines is 1. The summed E-state index contributed by atoms with van der Waals surface area (Å²) in [4.78, 5) is 8.67. The van der Waals surface area contributed by atoms with Crippen LogP contribution >= 0.6 is 0 Å². The van der Waals surface area contributed by atoms with Gasteiger partial charge in [0.15, 0.2) is 5.65 Å². The summed E-state index contributed by atoms with van der Waals surface area (Å²) in [5.41, 5.74) is 3.27. The highest BCUT2D eigenvalue weighted by Crippen LogP contribution is 2.33. The van der Waals surface area contributed by atoms with Crippen LogP contribution in [0.2, 0.25) is 0 Å². The predicted octanol–water partition coefficient (Wildman–Crippen LogP) is 1.04. The van der Waals surface area contributed by atoms with E-state index in [1.54, 1.807) is 10.9 Å². The monoisotopic (exact) mass is 313 g/mol. The van der Waals surface area contributed by atoms with Gasteiger partial charge in [0.05, 0.1) is 37.0 Å². The molecule has 3 aromatic heterocycles. The molecule has 0 aliphatic heterocycles. The Morgan fingerprint density at radius 2 is 2.22 bits per heavy atom. The summed E-state index contributed by atoms with van der Waals surface area (Å²) in [5, 5.41) is 22.2. The number of aryl methyl sites for hydroxylation is 1. The Balaban J connectivity index is 1.69. The highest BCUT2D eigenvalue weighted by atomic mass is 16.3. The molecule has 0 bridgehead atoms. The van der Waals surface area contributed by atoms with Crippen LogP contribution < -0.4 is 5.32 Å². The quantitative estimate of drug-likeness (QED) is 0.747. The Kier molecular flexibility index (Phi) is 3.45. The summed E-state index contributed by atoms with van der Waals surface area (Å²) < 4.78 is 3.65. The summed E-state index contributed by atoms with van der Waals surface area (Å²) in [5.74, 6) is 0.779. The van der Waals surface area contributed by atoms with Gasteiger partial charge in [0.1, 0.15) is 12.1 Å². The average Bonchev–Trinajstić information content (AvgIpc) is 3.14. The van der Waals surface area contributed by atoms with Gasteiger partial charge in [0, 0.05) is 18.3 Å². The lowest BCUT2D eigenvalue weighted by Gasteiger charge is -2.24. The van der Waals surface area contributed by atoms with Crippen LogP contribution in [0.15, 0.2) is 18.7 Å². The lowest BCUT2D eigenvalue weighted by atomic mass is 9.93. The first-order valence-corrected chi connectivity index (χ1v) is 7.82. The van der Waals surface area contributed by atoms with Crippen molar-refractivity contribution in [2.24, 2.45) is 7.05 Å². The predicted molar refractivity (Wildman–Crippen MR) is 84.9 cm³/mol. The average molecular weight is 313 g/mol. The van der Waals surface area contributed by atoms with Crippen molar-refractivity contribution in [1.29, 1.82) is 0 Å². The van der Waals surface area contributed by atoms with E-state index in [1.165, 1.54) is 17.6 Å². The minimum absolute atomic E-state index is 0.0330. The second-order valence-electron chi connectivity index (χ2n) is 5.81. The molecule has 2 N–H and O–H groups in total. The molecule has 1 aliphatic rings. The maximum Gasteiger partial charge on any atom is 0.163 e. The zero-order chi connectivity index (χ0) is 15.8. The first-order valence-electron chi connectivity index (χ1n) is 7.82. The van der Waals surface area contributed by atoms with Crippen LogP contribution in [0.3, 0.4) is 0 Å². The summed E-state index contributed by atoms with van der Waals surface area (Å²) in [6.45, 7) is 0.460. The Morgan fingerprint density at radius 3 is 3.09 bits per heavy atom. The number of nitrogens with zero attached hydrogens (tertiary/aromatic N) is 6. The van der Waals surface area contributed by atoms with Crippen molar-refractivity contribution < 1.29 is 5.11 Å². The number of nitrogens with one attached hydrogen (secondary N) is 1. The lowest BCUT2D eigenvalue weighted by molar-refractivity contribution is 0.271. The SMILES string of the molecule is Cn1ncc2c1CCC[C@H]2Nc1ncnc2c1cnn2CCO. The first-order chi connectivity index (χ1) is 11.3. The fourth-order valence-corrected chi connectivity index (χ4v) is 3.29. The van der Waals surface area contributed by atoms with E-state index in [1.807, 2.05) is 17.9 Å². The van der Waals surface area contributed by atoms with Crippen LogP contribution in [0.25, 0.3) is 11.0 Å². The number of hydrogen-bond donors (Lipinski definition) is 2. The Hall–Kier alpha value is -2.48. The van der Waals surface area contributed by atoms with Gasteiger partial charge in [0.2, 0.25) is 0 Å². The third-order valence-corrected chi connectivity index (χ3v) is 4.43. The molecule has 0 saturated heterocycles. The van der Waals surface area contributed by atoms with Crippen molar-refractivity contribution in [1.82, 2.24) is 29.5 Å². The maximum atomic E-state index is 9.11. The number of aliphatic hydroxyl groups is 1. The van der Waals surface area contributed by atoms with Gasteiger partial charge in [-0.25, -0.2) is 14.6 Å². The molecule has 0 amide bonds. The molecule has 0 radical (unpaired) electrons. The van der Waals surface area contributed by atoms with Crippen molar-refractivity contribution in [2.75, 3.05) is 11.9 Å². The highest BCUT2D eigenvalue weighted by molar-refractivity contribution is 5.86. The molecule has 4 rings (SSSR count). The van der Waals surface area contributed by atoms with Crippen LogP contribution in [0.4, 0.5) is 5.82 Å². The minimum Gasteiger partial charge on any atom is -0.394 e. The third kappa shape index (κ3) is 2.35. The van der Waals surface area contributed by atoms with Gasteiger partial charge in [-0.2, -0.15) is 10.2 Å². The van der Waals surface area contributed by atoms with E-state index in [4.69, 9.17) is 5.11 Å². The van der Waals surface area contributed by atoms with Crippen LogP contribution in [0.1, 0.15) is 30.1 Å². The second kappa shape index (κ2) is 5.62. The number of rotatable bonds is 4. The largest absolute Gasteiger partial charge is 0.394 e. The number of aromatic nitrogens is 6. The van der Waals surface area contributed by atoms with Gasteiger partial charge in [-0.15, -0.1) is 0 Å². The maximum absolute atomic E-state index is 9.11. The van der Waals surface area contributed by atoms with Gasteiger partial charge in [-0.3, -0.25) is 4.68 Å². The third-order valence-electron chi connectivity index (χ3n) is 4.43. The standard InChI is InChI=1S/C15H19N7O/c1-21-13-4-2-3-12(10(13)7-18-21)20-14-11-8-19-22(5-6-23)15(11)17-9-16-14/h7-9,12,23H,2-6H2,1H3,(H,16,17,20)/t12-/m1/s1. The molecule has 3 heterocycles. The van der Waals surface area contributed by atoms with Crippen molar-refractivity contribution in [3.8, 4) is 0 Å². The van der Waals surface area contributed by atoms with E-state index in [-0.39, 0.29) is 12.6 Å². The van der Waals surface area contributed by atoms with E-state index in [0.717, 1.165) is 36.1 Å². The molecule has 0 saturated carbocycles. The van der Waals surface area contributed by atoms with E-state index in [9.17, 15) is 0 Å². The molecule has 8 heteroatoms. The van der Waals surface area contributed by atoms with Gasteiger partial charge < -0.3 is 10.4 Å². The van der Waals surface area contributed by atoms with E-state index in [0.29, 0.717) is 6.54 Å². The minimum atomic E-state index is 0.0330. The highest BCUT2D eigenvalue weighted by Gasteiger charge is 2.24. The van der Waals surface area contributed by atoms with Crippen LogP contribution in [0, 0.1) is 0 Å². The van der Waals surface area contributed by atoms with Crippen molar-refractivity contribution in [2.45, 2.75) is 31.8 Å². The first kappa shape index (κ1) is 14.1. The molecule has 120 valence electrons. The normalized spacial score (nSPS) is 17.4. The lowest BCUT2D eigenvalue weighted by Crippen LogP contribution is -2.18. The van der Waals surface area contributed by atoms with Crippen molar-refractivity contribution >= 4 is 16.9 Å². The summed E-state index contributed by atoms with van der Waals surface area (Å²) in [7, 11) is 1.99. The van der Waals surface area contributed by atoms with Gasteiger partial charge in [-0.1, -0.05) is 0 Å². The molecule has 0 aromatic carbocycles. The Bertz CT molecular complexity index is 838. The van der Waals surface area contributed by atoms with Crippen LogP contribution in [0.5, 0.6) is 0 Å². The molecule has 23 heavy (non-hydrogen) atoms. The summed E-state index contributed by atoms with van der Waals surface area (Å²) in [6.07, 6.45) is 8.47. The van der Waals surface area contributed by atoms with Crippen molar-refractivity contribution in [3.05, 3.63) is 30.0 Å². The molecular weight excluding hydrogens is 294 g/mol. The molecule has 8 nitrogen and oxygen atoms in total. The van der Waals surface area contributed by atoms with E-state index in [2.05, 4.69) is 25.5 Å². The summed E-state index contributed by atoms with van der Waals surface area (Å²) >= 11 is 0. The zero-order valence-electron chi connectivity index (χ0n) is 13.0. The molecule has 1 aliphatic carbocycles. The molecule has 1 atom stereocenters. The fraction of sp³-hybridized carbons (Fsp3) is 0.467. The van der Waals surface area contributed by atoms with Crippen LogP contribution in [-0.4, -0.2) is 41.2 Å². The molecule has 0 unspecified atom stereocenters. The van der Waals surface area contributed by atoms with Crippen molar-refractivity contribution in [3.63, 3.8) is 0 Å². The summed E-state index contributed by atoms with van der Waals surface area (Å²) in [6, 6.07) is 0.201. The fourth-order valence-electron chi connectivity index (χ4n) is 3.29. The number of fused-ring (bicyclic) bond motifs is 2. The number of hydrogen-bond acceptors (Lipinski definition) is 6. The molecule has 3 aromatic rings. The van der Waals surface area contributed by atoms with Gasteiger partial charge in [-0.05, 0) is 19.3 Å². The molecular formula is C15H19N7O. The van der Waals surface area contributed by atoms with E-state index < -0.39 is 0 Å². The second-order valence-corrected chi connectivity index (χ2v) is 5.81.